The van der Waals surface area contributed by atoms with E-state index >= 15 is 0 Å². The van der Waals surface area contributed by atoms with Gasteiger partial charge >= 0.3 is 0 Å². The van der Waals surface area contributed by atoms with E-state index in [9.17, 15) is 4.79 Å². The highest BCUT2D eigenvalue weighted by atomic mass is 16.1. The number of hydrogen-bond donors (Lipinski definition) is 2. The summed E-state index contributed by atoms with van der Waals surface area (Å²) in [6, 6.07) is 0.489. The van der Waals surface area contributed by atoms with E-state index in [0.29, 0.717) is 17.9 Å². The fourth-order valence-electron chi connectivity index (χ4n) is 3.61. The summed E-state index contributed by atoms with van der Waals surface area (Å²) < 4.78 is 0. The molecule has 90 valence electrons. The molecule has 0 radical (unpaired) electrons. The van der Waals surface area contributed by atoms with Crippen LogP contribution in [0, 0.1) is 17.3 Å². The fraction of sp³-hybridized carbons (Fsp3) is 0.769. The monoisotopic (exact) mass is 222 g/mol. The van der Waals surface area contributed by atoms with Crippen LogP contribution < -0.4 is 11.1 Å². The maximum atomic E-state index is 11.6. The lowest BCUT2D eigenvalue weighted by Gasteiger charge is -2.45. The summed E-state index contributed by atoms with van der Waals surface area (Å²) in [5.74, 6) is 0.981. The summed E-state index contributed by atoms with van der Waals surface area (Å²) in [5.41, 5.74) is 6.64. The maximum absolute atomic E-state index is 11.6. The zero-order valence-electron chi connectivity index (χ0n) is 10.4. The first-order valence-electron chi connectivity index (χ1n) is 6.13. The molecule has 0 saturated heterocycles. The first kappa shape index (κ1) is 11.6. The Balaban J connectivity index is 2.28. The third-order valence-corrected chi connectivity index (χ3v) is 4.36. The molecule has 2 aliphatic carbocycles. The van der Waals surface area contributed by atoms with Gasteiger partial charge in [-0.1, -0.05) is 25.5 Å². The first-order valence-corrected chi connectivity index (χ1v) is 6.13. The fourth-order valence-corrected chi connectivity index (χ4v) is 3.61. The average Bonchev–Trinajstić information content (AvgIpc) is 2.16. The van der Waals surface area contributed by atoms with Crippen LogP contribution >= 0.6 is 0 Å². The minimum atomic E-state index is -0.329. The van der Waals surface area contributed by atoms with Gasteiger partial charge in [-0.15, -0.1) is 0 Å². The summed E-state index contributed by atoms with van der Waals surface area (Å²) in [7, 11) is 2.01. The molecule has 3 nitrogen and oxygen atoms in total. The molecule has 3 N–H and O–H groups in total. The van der Waals surface area contributed by atoms with E-state index in [4.69, 9.17) is 5.73 Å². The number of allylic oxidation sites excluding steroid dienone is 1. The zero-order valence-corrected chi connectivity index (χ0v) is 10.4. The first-order chi connectivity index (χ1) is 7.46. The van der Waals surface area contributed by atoms with E-state index < -0.39 is 0 Å². The second kappa shape index (κ2) is 3.88. The van der Waals surface area contributed by atoms with Crippen LogP contribution in [-0.2, 0) is 4.79 Å². The highest BCUT2D eigenvalue weighted by Gasteiger charge is 2.44. The average molecular weight is 222 g/mol. The van der Waals surface area contributed by atoms with E-state index in [1.165, 1.54) is 5.57 Å². The van der Waals surface area contributed by atoms with Crippen LogP contribution in [0.15, 0.2) is 11.6 Å². The van der Waals surface area contributed by atoms with E-state index in [2.05, 4.69) is 18.3 Å². The summed E-state index contributed by atoms with van der Waals surface area (Å²) in [5, 5.41) is 3.39. The molecule has 3 heteroatoms. The normalized spacial score (nSPS) is 42.7. The van der Waals surface area contributed by atoms with Crippen molar-refractivity contribution in [2.45, 2.75) is 39.2 Å². The summed E-state index contributed by atoms with van der Waals surface area (Å²) in [6.45, 7) is 4.26. The van der Waals surface area contributed by atoms with Gasteiger partial charge in [-0.2, -0.15) is 0 Å². The number of rotatable bonds is 2. The summed E-state index contributed by atoms with van der Waals surface area (Å²) >= 11 is 0. The van der Waals surface area contributed by atoms with Crippen molar-refractivity contribution in [3.05, 3.63) is 11.6 Å². The molecule has 2 rings (SSSR count). The SMILES string of the molecule is CNC1C(C)C=C2CC1CC(C)(C(N)=O)C2. The smallest absolute Gasteiger partial charge is 0.223 e. The lowest BCUT2D eigenvalue weighted by molar-refractivity contribution is -0.128. The lowest BCUT2D eigenvalue weighted by atomic mass is 9.62. The second-order valence-corrected chi connectivity index (χ2v) is 5.77. The van der Waals surface area contributed by atoms with E-state index in [1.807, 2.05) is 14.0 Å². The molecule has 0 spiro atoms. The van der Waals surface area contributed by atoms with Gasteiger partial charge in [0, 0.05) is 6.04 Å². The topological polar surface area (TPSA) is 55.1 Å². The van der Waals surface area contributed by atoms with Gasteiger partial charge in [0.05, 0.1) is 5.41 Å². The number of amides is 1. The van der Waals surface area contributed by atoms with Gasteiger partial charge < -0.3 is 11.1 Å². The highest BCUT2D eigenvalue weighted by molar-refractivity contribution is 5.81. The number of primary amides is 1. The number of fused-ring (bicyclic) bond motifs is 2. The molecule has 4 unspecified atom stereocenters. The van der Waals surface area contributed by atoms with Crippen molar-refractivity contribution in [2.24, 2.45) is 23.0 Å². The van der Waals surface area contributed by atoms with Gasteiger partial charge in [-0.05, 0) is 38.1 Å². The third kappa shape index (κ3) is 1.77. The number of hydrogen-bond acceptors (Lipinski definition) is 2. The third-order valence-electron chi connectivity index (χ3n) is 4.36. The van der Waals surface area contributed by atoms with Crippen LogP contribution in [0.2, 0.25) is 0 Å². The Bertz CT molecular complexity index is 337. The molecular formula is C13H22N2O. The molecule has 1 fully saturated rings. The van der Waals surface area contributed by atoms with Crippen molar-refractivity contribution in [3.63, 3.8) is 0 Å². The van der Waals surface area contributed by atoms with Crippen molar-refractivity contribution in [2.75, 3.05) is 7.05 Å². The Hall–Kier alpha value is -0.830. The van der Waals surface area contributed by atoms with Crippen molar-refractivity contribution < 1.29 is 4.79 Å². The summed E-state index contributed by atoms with van der Waals surface area (Å²) in [4.78, 5) is 11.6. The predicted octanol–water partition coefficient (Wildman–Crippen LogP) is 1.44. The van der Waals surface area contributed by atoms with E-state index in [1.54, 1.807) is 0 Å². The van der Waals surface area contributed by atoms with Crippen LogP contribution in [0.4, 0.5) is 0 Å². The van der Waals surface area contributed by atoms with Crippen LogP contribution in [0.25, 0.3) is 0 Å². The molecule has 0 aromatic heterocycles. The molecule has 1 amide bonds. The van der Waals surface area contributed by atoms with Crippen LogP contribution in [-0.4, -0.2) is 19.0 Å². The second-order valence-electron chi connectivity index (χ2n) is 5.77. The van der Waals surface area contributed by atoms with E-state index in [0.717, 1.165) is 19.3 Å². The summed E-state index contributed by atoms with van der Waals surface area (Å²) in [6.07, 6.45) is 5.26. The van der Waals surface area contributed by atoms with Crippen molar-refractivity contribution in [1.82, 2.24) is 5.32 Å². The minimum Gasteiger partial charge on any atom is -0.369 e. The number of nitrogens with two attached hydrogens (primary N) is 1. The minimum absolute atomic E-state index is 0.146. The van der Waals surface area contributed by atoms with Crippen LogP contribution in [0.5, 0.6) is 0 Å². The standard InChI is InChI=1S/C13H22N2O/c1-8-4-9-5-10(11(8)15-3)7-13(2,6-9)12(14)16/h4,8,10-11,15H,5-7H2,1-3H3,(H2,14,16). The number of carbonyl (C=O) groups is 1. The Morgan fingerprint density at radius 2 is 2.31 bits per heavy atom. The van der Waals surface area contributed by atoms with Crippen LogP contribution in [0.3, 0.4) is 0 Å². The molecule has 1 saturated carbocycles. The predicted molar refractivity (Wildman–Crippen MR) is 64.7 cm³/mol. The van der Waals surface area contributed by atoms with Crippen molar-refractivity contribution >= 4 is 5.91 Å². The molecule has 4 atom stereocenters. The molecule has 0 heterocycles. The maximum Gasteiger partial charge on any atom is 0.223 e. The molecule has 0 aromatic rings. The van der Waals surface area contributed by atoms with Crippen molar-refractivity contribution in [1.29, 1.82) is 0 Å². The van der Waals surface area contributed by atoms with E-state index in [-0.39, 0.29) is 11.3 Å². The molecule has 16 heavy (non-hydrogen) atoms. The Kier molecular flexibility index (Phi) is 2.82. The molecule has 2 aliphatic rings. The molecule has 0 aliphatic heterocycles. The molecule has 0 aromatic carbocycles. The largest absolute Gasteiger partial charge is 0.369 e. The zero-order chi connectivity index (χ0) is 11.9. The molecular weight excluding hydrogens is 200 g/mol. The van der Waals surface area contributed by atoms with Crippen LogP contribution in [0.1, 0.15) is 33.1 Å². The lowest BCUT2D eigenvalue weighted by Crippen LogP contribution is -2.49. The highest BCUT2D eigenvalue weighted by Crippen LogP contribution is 2.47. The number of nitrogens with one attached hydrogen (secondary N) is 1. The van der Waals surface area contributed by atoms with Gasteiger partial charge in [0.25, 0.3) is 0 Å². The Morgan fingerprint density at radius 3 is 2.88 bits per heavy atom. The van der Waals surface area contributed by atoms with Gasteiger partial charge in [0.1, 0.15) is 0 Å². The van der Waals surface area contributed by atoms with Crippen molar-refractivity contribution in [3.8, 4) is 0 Å². The molecule has 2 bridgehead atoms. The van der Waals surface area contributed by atoms with Gasteiger partial charge in [0.2, 0.25) is 5.91 Å². The van der Waals surface area contributed by atoms with Gasteiger partial charge in [-0.3, -0.25) is 4.79 Å². The van der Waals surface area contributed by atoms with Gasteiger partial charge in [0.15, 0.2) is 0 Å². The Morgan fingerprint density at radius 1 is 1.62 bits per heavy atom. The quantitative estimate of drug-likeness (QED) is 0.695. The van der Waals surface area contributed by atoms with Gasteiger partial charge in [-0.25, -0.2) is 0 Å². The number of carbonyl (C=O) groups excluding carboxylic acids is 1. The Labute approximate surface area is 97.5 Å².